The van der Waals surface area contributed by atoms with Crippen LogP contribution in [-0.2, 0) is 9.59 Å². The van der Waals surface area contributed by atoms with Crippen LogP contribution >= 0.6 is 11.6 Å². The molecule has 0 unspecified atom stereocenters. The molecule has 0 bridgehead atoms. The number of benzene rings is 2. The molecule has 0 amide bonds. The van der Waals surface area contributed by atoms with Gasteiger partial charge in [-0.15, -0.1) is 0 Å². The van der Waals surface area contributed by atoms with Crippen molar-refractivity contribution >= 4 is 35.1 Å². The highest BCUT2D eigenvalue weighted by Gasteiger charge is 2.11. The maximum atomic E-state index is 10.5. The van der Waals surface area contributed by atoms with Crippen molar-refractivity contribution < 1.29 is 9.59 Å². The minimum Gasteiger partial charge on any atom is -0.211 e. The minimum atomic E-state index is 0.299. The van der Waals surface area contributed by atoms with Crippen molar-refractivity contribution in [3.05, 3.63) is 47.5 Å². The van der Waals surface area contributed by atoms with Gasteiger partial charge in [-0.1, -0.05) is 41.9 Å². The first-order valence-corrected chi connectivity index (χ1v) is 5.69. The number of nitrogens with zero attached hydrogens (tertiary/aromatic N) is 2. The average Bonchev–Trinajstić information content (AvgIpc) is 2.42. The summed E-state index contributed by atoms with van der Waals surface area (Å²) in [6, 6.07) is 12.0. The highest BCUT2D eigenvalue weighted by molar-refractivity contribution is 6.33. The monoisotopic (exact) mass is 270 g/mol. The van der Waals surface area contributed by atoms with Gasteiger partial charge in [0.15, 0.2) is 0 Å². The molecular formula is C14H7ClN2O2. The Kier molecular flexibility index (Phi) is 4.01. The highest BCUT2D eigenvalue weighted by atomic mass is 35.5. The first-order chi connectivity index (χ1) is 9.27. The van der Waals surface area contributed by atoms with Crippen LogP contribution in [0.25, 0.3) is 11.1 Å². The van der Waals surface area contributed by atoms with Gasteiger partial charge in [0.05, 0.1) is 10.7 Å². The van der Waals surface area contributed by atoms with E-state index in [1.165, 1.54) is 12.2 Å². The Hall–Kier alpha value is -2.51. The predicted octanol–water partition coefficient (Wildman–Crippen LogP) is 3.94. The Bertz CT molecular complexity index is 715. The topological polar surface area (TPSA) is 58.9 Å². The second-order valence-electron chi connectivity index (χ2n) is 3.56. The molecule has 0 aromatic heterocycles. The number of rotatable bonds is 3. The molecule has 0 aliphatic heterocycles. The number of aliphatic imine (C=N–C) groups is 2. The summed E-state index contributed by atoms with van der Waals surface area (Å²) >= 11 is 6.01. The molecule has 0 N–H and O–H groups in total. The largest absolute Gasteiger partial charge is 0.240 e. The average molecular weight is 271 g/mol. The van der Waals surface area contributed by atoms with E-state index in [0.29, 0.717) is 27.5 Å². The summed E-state index contributed by atoms with van der Waals surface area (Å²) in [4.78, 5) is 28.1. The molecule has 0 spiro atoms. The molecule has 2 aromatic rings. The van der Waals surface area contributed by atoms with Crippen molar-refractivity contribution in [1.82, 2.24) is 0 Å². The van der Waals surface area contributed by atoms with E-state index in [9.17, 15) is 9.59 Å². The Morgan fingerprint density at radius 1 is 0.842 bits per heavy atom. The summed E-state index contributed by atoms with van der Waals surface area (Å²) in [5.74, 6) is 0. The first-order valence-electron chi connectivity index (χ1n) is 5.31. The third kappa shape index (κ3) is 2.67. The molecule has 0 aliphatic rings. The zero-order chi connectivity index (χ0) is 13.7. The van der Waals surface area contributed by atoms with Gasteiger partial charge < -0.3 is 0 Å². The third-order valence-electron chi connectivity index (χ3n) is 2.50. The van der Waals surface area contributed by atoms with Gasteiger partial charge in [-0.25, -0.2) is 9.59 Å². The van der Waals surface area contributed by atoms with E-state index < -0.39 is 0 Å². The number of hydrogen-bond acceptors (Lipinski definition) is 4. The van der Waals surface area contributed by atoms with E-state index in [1.54, 1.807) is 42.5 Å². The normalized spacial score (nSPS) is 9.32. The van der Waals surface area contributed by atoms with E-state index in [0.717, 1.165) is 0 Å². The van der Waals surface area contributed by atoms with Crippen LogP contribution in [0, 0.1) is 0 Å². The first kappa shape index (κ1) is 12.9. The summed E-state index contributed by atoms with van der Waals surface area (Å²) in [6.45, 7) is 0. The van der Waals surface area contributed by atoms with Gasteiger partial charge in [-0.2, -0.15) is 9.98 Å². The van der Waals surface area contributed by atoms with Gasteiger partial charge in [0, 0.05) is 11.1 Å². The lowest BCUT2D eigenvalue weighted by Crippen LogP contribution is -1.81. The van der Waals surface area contributed by atoms with Crippen molar-refractivity contribution in [1.29, 1.82) is 0 Å². The summed E-state index contributed by atoms with van der Waals surface area (Å²) in [6.07, 6.45) is 2.96. The van der Waals surface area contributed by atoms with Gasteiger partial charge in [-0.05, 0) is 12.1 Å². The van der Waals surface area contributed by atoms with Crippen LogP contribution in [-0.4, -0.2) is 12.2 Å². The van der Waals surface area contributed by atoms with Crippen LogP contribution in [0.5, 0.6) is 0 Å². The van der Waals surface area contributed by atoms with E-state index in [-0.39, 0.29) is 0 Å². The number of halogens is 1. The molecule has 19 heavy (non-hydrogen) atoms. The molecule has 0 atom stereocenters. The van der Waals surface area contributed by atoms with Crippen molar-refractivity contribution in [2.45, 2.75) is 0 Å². The molecule has 2 aromatic carbocycles. The summed E-state index contributed by atoms with van der Waals surface area (Å²) in [7, 11) is 0. The molecule has 5 heteroatoms. The molecule has 2 rings (SSSR count). The van der Waals surface area contributed by atoms with Crippen LogP contribution in [0.1, 0.15) is 0 Å². The number of isocyanates is 2. The molecule has 92 valence electrons. The van der Waals surface area contributed by atoms with E-state index in [1.807, 2.05) is 0 Å². The molecule has 0 radical (unpaired) electrons. The van der Waals surface area contributed by atoms with Gasteiger partial charge >= 0.3 is 0 Å². The number of para-hydroxylation sites is 2. The van der Waals surface area contributed by atoms with Gasteiger partial charge in [0.25, 0.3) is 0 Å². The lowest BCUT2D eigenvalue weighted by Gasteiger charge is -2.08. The van der Waals surface area contributed by atoms with Crippen molar-refractivity contribution in [3.8, 4) is 11.1 Å². The minimum absolute atomic E-state index is 0.299. The van der Waals surface area contributed by atoms with Gasteiger partial charge in [0.2, 0.25) is 12.2 Å². The van der Waals surface area contributed by atoms with Crippen molar-refractivity contribution in [2.75, 3.05) is 0 Å². The highest BCUT2D eigenvalue weighted by Crippen LogP contribution is 2.39. The zero-order valence-electron chi connectivity index (χ0n) is 9.63. The van der Waals surface area contributed by atoms with E-state index in [4.69, 9.17) is 11.6 Å². The van der Waals surface area contributed by atoms with Crippen molar-refractivity contribution in [2.24, 2.45) is 9.98 Å². The molecule has 0 fully saturated rings. The Labute approximate surface area is 114 Å². The molecule has 4 nitrogen and oxygen atoms in total. The molecule has 0 aliphatic carbocycles. The fourth-order valence-electron chi connectivity index (χ4n) is 1.74. The summed E-state index contributed by atoms with van der Waals surface area (Å²) in [5, 5.41) is 0.325. The second kappa shape index (κ2) is 5.89. The van der Waals surface area contributed by atoms with Gasteiger partial charge in [-0.3, -0.25) is 0 Å². The number of hydrogen-bond donors (Lipinski definition) is 0. The maximum absolute atomic E-state index is 10.5. The smallest absolute Gasteiger partial charge is 0.211 e. The van der Waals surface area contributed by atoms with Gasteiger partial charge in [0.1, 0.15) is 5.69 Å². The van der Waals surface area contributed by atoms with Crippen LogP contribution < -0.4 is 0 Å². The SMILES string of the molecule is O=C=Nc1ccccc1-c1cccc(Cl)c1N=C=O. The van der Waals surface area contributed by atoms with Crippen LogP contribution in [0.2, 0.25) is 5.02 Å². The predicted molar refractivity (Wildman–Crippen MR) is 72.5 cm³/mol. The molecule has 0 saturated carbocycles. The molecule has 0 saturated heterocycles. The van der Waals surface area contributed by atoms with Crippen LogP contribution in [0.4, 0.5) is 11.4 Å². The fourth-order valence-corrected chi connectivity index (χ4v) is 1.96. The Balaban J connectivity index is 2.75. The standard InChI is InChI=1S/C14H7ClN2O2/c15-12-6-3-5-11(14(12)17-9-19)10-4-1-2-7-13(10)16-8-18/h1-7H. The van der Waals surface area contributed by atoms with Crippen molar-refractivity contribution in [3.63, 3.8) is 0 Å². The van der Waals surface area contributed by atoms with E-state index in [2.05, 4.69) is 9.98 Å². The fraction of sp³-hybridized carbons (Fsp3) is 0. The summed E-state index contributed by atoms with van der Waals surface area (Å²) in [5.41, 5.74) is 1.97. The second-order valence-corrected chi connectivity index (χ2v) is 3.97. The Morgan fingerprint density at radius 3 is 2.26 bits per heavy atom. The maximum Gasteiger partial charge on any atom is 0.240 e. The van der Waals surface area contributed by atoms with Crippen LogP contribution in [0.15, 0.2) is 52.4 Å². The summed E-state index contributed by atoms with van der Waals surface area (Å²) < 4.78 is 0. The van der Waals surface area contributed by atoms with E-state index >= 15 is 0 Å². The molecular weight excluding hydrogens is 264 g/mol. The third-order valence-corrected chi connectivity index (χ3v) is 2.81. The van der Waals surface area contributed by atoms with Crippen LogP contribution in [0.3, 0.4) is 0 Å². The lowest BCUT2D eigenvalue weighted by atomic mass is 10.0. The quantitative estimate of drug-likeness (QED) is 0.626. The lowest BCUT2D eigenvalue weighted by molar-refractivity contribution is 0.564. The number of carbonyl (C=O) groups excluding carboxylic acids is 2. The zero-order valence-corrected chi connectivity index (χ0v) is 10.4. The molecule has 0 heterocycles. The Morgan fingerprint density at radius 2 is 1.53 bits per heavy atom.